The van der Waals surface area contributed by atoms with Crippen molar-refractivity contribution in [2.45, 2.75) is 6.42 Å². The Labute approximate surface area is 110 Å². The van der Waals surface area contributed by atoms with E-state index in [1.165, 1.54) is 0 Å². The van der Waals surface area contributed by atoms with Gasteiger partial charge in [0.2, 0.25) is 0 Å². The first-order valence-corrected chi connectivity index (χ1v) is 6.00. The third-order valence-electron chi connectivity index (χ3n) is 3.27. The Morgan fingerprint density at radius 1 is 1.05 bits per heavy atom. The molecule has 0 spiro atoms. The second kappa shape index (κ2) is 4.28. The van der Waals surface area contributed by atoms with Gasteiger partial charge in [0.05, 0.1) is 0 Å². The number of Topliss-reactive ketones (excluding diaryl/α,β-unsaturated/α-hetero) is 1. The van der Waals surface area contributed by atoms with E-state index in [-0.39, 0.29) is 17.3 Å². The molecule has 94 valence electrons. The lowest BCUT2D eigenvalue weighted by Gasteiger charge is -1.98. The highest BCUT2D eigenvalue weighted by Gasteiger charge is 2.26. The van der Waals surface area contributed by atoms with Crippen molar-refractivity contribution in [3.8, 4) is 11.5 Å². The zero-order chi connectivity index (χ0) is 13.4. The number of hydrogen-bond donors (Lipinski definition) is 2. The van der Waals surface area contributed by atoms with Gasteiger partial charge in [-0.25, -0.2) is 0 Å². The van der Waals surface area contributed by atoms with Crippen molar-refractivity contribution in [3.05, 3.63) is 64.7 Å². The van der Waals surface area contributed by atoms with Gasteiger partial charge in [-0.15, -0.1) is 0 Å². The molecule has 3 rings (SSSR count). The molecule has 3 heteroatoms. The fraction of sp³-hybridized carbons (Fsp3) is 0.0625. The van der Waals surface area contributed by atoms with Crippen molar-refractivity contribution in [1.29, 1.82) is 0 Å². The zero-order valence-corrected chi connectivity index (χ0v) is 10.1. The Kier molecular flexibility index (Phi) is 2.60. The van der Waals surface area contributed by atoms with Crippen LogP contribution in [0.15, 0.2) is 48.0 Å². The maximum Gasteiger partial charge on any atom is 0.189 e. The van der Waals surface area contributed by atoms with Crippen LogP contribution in [0, 0.1) is 0 Å². The van der Waals surface area contributed by atoms with Gasteiger partial charge in [0, 0.05) is 23.1 Å². The van der Waals surface area contributed by atoms with Crippen LogP contribution in [0.2, 0.25) is 0 Å². The summed E-state index contributed by atoms with van der Waals surface area (Å²) < 4.78 is 0. The maximum atomic E-state index is 12.2. The minimum atomic E-state index is -0.0609. The fourth-order valence-corrected chi connectivity index (χ4v) is 2.35. The van der Waals surface area contributed by atoms with E-state index in [2.05, 4.69) is 0 Å². The van der Waals surface area contributed by atoms with Crippen LogP contribution >= 0.6 is 0 Å². The number of fused-ring (bicyclic) bond motifs is 1. The summed E-state index contributed by atoms with van der Waals surface area (Å²) in [6.45, 7) is 0. The molecule has 2 N–H and O–H groups in total. The molecule has 0 bridgehead atoms. The fourth-order valence-electron chi connectivity index (χ4n) is 2.35. The number of carbonyl (C=O) groups excluding carboxylic acids is 1. The van der Waals surface area contributed by atoms with Gasteiger partial charge in [-0.3, -0.25) is 4.79 Å². The average molecular weight is 252 g/mol. The Morgan fingerprint density at radius 2 is 1.84 bits per heavy atom. The third-order valence-corrected chi connectivity index (χ3v) is 3.27. The van der Waals surface area contributed by atoms with Crippen LogP contribution in [0.5, 0.6) is 11.5 Å². The Hall–Kier alpha value is -2.55. The number of carbonyl (C=O) groups is 1. The highest BCUT2D eigenvalue weighted by molar-refractivity contribution is 6.16. The van der Waals surface area contributed by atoms with Crippen molar-refractivity contribution in [3.63, 3.8) is 0 Å². The molecular weight excluding hydrogens is 240 g/mol. The molecule has 0 fully saturated rings. The van der Waals surface area contributed by atoms with Crippen molar-refractivity contribution < 1.29 is 15.0 Å². The minimum absolute atomic E-state index is 0.0609. The number of benzene rings is 2. The van der Waals surface area contributed by atoms with Gasteiger partial charge in [-0.2, -0.15) is 0 Å². The quantitative estimate of drug-likeness (QED) is 0.767. The van der Waals surface area contributed by atoms with Crippen LogP contribution in [-0.2, 0) is 6.42 Å². The van der Waals surface area contributed by atoms with E-state index in [4.69, 9.17) is 0 Å². The van der Waals surface area contributed by atoms with Gasteiger partial charge in [0.25, 0.3) is 0 Å². The third kappa shape index (κ3) is 1.99. The molecule has 0 unspecified atom stereocenters. The Morgan fingerprint density at radius 3 is 2.58 bits per heavy atom. The van der Waals surface area contributed by atoms with Crippen LogP contribution in [0.25, 0.3) is 6.08 Å². The molecule has 0 amide bonds. The molecule has 2 aromatic rings. The lowest BCUT2D eigenvalue weighted by Crippen LogP contribution is -1.94. The van der Waals surface area contributed by atoms with Crippen molar-refractivity contribution in [1.82, 2.24) is 0 Å². The smallest absolute Gasteiger partial charge is 0.189 e. The summed E-state index contributed by atoms with van der Waals surface area (Å²) in [5.74, 6) is 0.263. The highest BCUT2D eigenvalue weighted by Crippen LogP contribution is 2.33. The first-order chi connectivity index (χ1) is 9.15. The van der Waals surface area contributed by atoms with Gasteiger partial charge < -0.3 is 10.2 Å². The molecule has 1 aliphatic rings. The summed E-state index contributed by atoms with van der Waals surface area (Å²) in [4.78, 5) is 12.2. The number of hydrogen-bond acceptors (Lipinski definition) is 3. The molecule has 0 aliphatic heterocycles. The van der Waals surface area contributed by atoms with E-state index < -0.39 is 0 Å². The second-order valence-corrected chi connectivity index (χ2v) is 4.57. The van der Waals surface area contributed by atoms with E-state index in [1.807, 2.05) is 6.07 Å². The van der Waals surface area contributed by atoms with Crippen LogP contribution in [0.3, 0.4) is 0 Å². The molecular formula is C16H12O3. The van der Waals surface area contributed by atoms with Crippen molar-refractivity contribution >= 4 is 11.9 Å². The summed E-state index contributed by atoms with van der Waals surface area (Å²) in [7, 11) is 0. The van der Waals surface area contributed by atoms with Gasteiger partial charge in [0.15, 0.2) is 5.78 Å². The molecule has 0 heterocycles. The normalized spacial score (nSPS) is 15.8. The van der Waals surface area contributed by atoms with E-state index in [1.54, 1.807) is 42.5 Å². The number of aromatic hydroxyl groups is 2. The van der Waals surface area contributed by atoms with Gasteiger partial charge in [-0.1, -0.05) is 24.3 Å². The molecule has 0 radical (unpaired) electrons. The Bertz CT molecular complexity index is 699. The first kappa shape index (κ1) is 11.5. The summed E-state index contributed by atoms with van der Waals surface area (Å²) in [5.41, 5.74) is 2.64. The topological polar surface area (TPSA) is 57.5 Å². The largest absolute Gasteiger partial charge is 0.508 e. The zero-order valence-electron chi connectivity index (χ0n) is 10.1. The molecule has 0 aromatic heterocycles. The molecule has 2 aromatic carbocycles. The monoisotopic (exact) mass is 252 g/mol. The number of phenols is 2. The number of ketones is 1. The van der Waals surface area contributed by atoms with E-state index in [0.717, 1.165) is 5.56 Å². The molecule has 3 nitrogen and oxygen atoms in total. The minimum Gasteiger partial charge on any atom is -0.508 e. The standard InChI is InChI=1S/C16H12O3/c17-12-4-1-3-10(8-12)7-11-9-14-13(16(11)19)5-2-6-15(14)18/h1-8,17-18H,9H2/b11-7+. The summed E-state index contributed by atoms with van der Waals surface area (Å²) in [6.07, 6.45) is 2.18. The lowest BCUT2D eigenvalue weighted by atomic mass is 10.1. The summed E-state index contributed by atoms with van der Waals surface area (Å²) >= 11 is 0. The van der Waals surface area contributed by atoms with Crippen LogP contribution in [-0.4, -0.2) is 16.0 Å². The Balaban J connectivity index is 2.02. The van der Waals surface area contributed by atoms with Crippen LogP contribution < -0.4 is 0 Å². The van der Waals surface area contributed by atoms with Crippen molar-refractivity contribution in [2.75, 3.05) is 0 Å². The van der Waals surface area contributed by atoms with Crippen LogP contribution in [0.4, 0.5) is 0 Å². The second-order valence-electron chi connectivity index (χ2n) is 4.57. The number of allylic oxidation sites excluding steroid dienone is 1. The van der Waals surface area contributed by atoms with E-state index >= 15 is 0 Å². The van der Waals surface area contributed by atoms with Gasteiger partial charge in [-0.05, 0) is 29.8 Å². The van der Waals surface area contributed by atoms with Gasteiger partial charge in [0.1, 0.15) is 11.5 Å². The molecule has 0 atom stereocenters. The SMILES string of the molecule is O=C1/C(=C/c2cccc(O)c2)Cc2c(O)cccc21. The average Bonchev–Trinajstić information content (AvgIpc) is 2.69. The molecule has 0 saturated carbocycles. The first-order valence-electron chi connectivity index (χ1n) is 6.00. The van der Waals surface area contributed by atoms with Gasteiger partial charge >= 0.3 is 0 Å². The van der Waals surface area contributed by atoms with E-state index in [0.29, 0.717) is 23.1 Å². The summed E-state index contributed by atoms with van der Waals surface area (Å²) in [5, 5.41) is 19.2. The number of rotatable bonds is 1. The maximum absolute atomic E-state index is 12.2. The predicted octanol–water partition coefficient (Wildman–Crippen LogP) is 2.92. The van der Waals surface area contributed by atoms with E-state index in [9.17, 15) is 15.0 Å². The molecule has 1 aliphatic carbocycles. The lowest BCUT2D eigenvalue weighted by molar-refractivity contribution is 0.104. The number of phenolic OH excluding ortho intramolecular Hbond substituents is 2. The van der Waals surface area contributed by atoms with Crippen molar-refractivity contribution in [2.24, 2.45) is 0 Å². The molecule has 19 heavy (non-hydrogen) atoms. The summed E-state index contributed by atoms with van der Waals surface area (Å²) in [6, 6.07) is 11.7. The highest BCUT2D eigenvalue weighted by atomic mass is 16.3. The molecule has 0 saturated heterocycles. The predicted molar refractivity (Wildman–Crippen MR) is 72.2 cm³/mol. The van der Waals surface area contributed by atoms with Crippen LogP contribution in [0.1, 0.15) is 21.5 Å².